The number of hydrogen-bond donors (Lipinski definition) is 0. The van der Waals surface area contributed by atoms with Gasteiger partial charge in [-0.3, -0.25) is 4.98 Å². The van der Waals surface area contributed by atoms with Crippen LogP contribution in [0.1, 0.15) is 0 Å². The minimum atomic E-state index is 0.963. The zero-order chi connectivity index (χ0) is 36.3. The minimum absolute atomic E-state index is 0.963. The van der Waals surface area contributed by atoms with E-state index in [-0.39, 0.29) is 0 Å². The molecule has 55 heavy (non-hydrogen) atoms. The molecule has 2 aromatic heterocycles. The molecule has 11 aromatic rings. The third kappa shape index (κ3) is 5.42. The molecular weight excluding hydrogens is 683 g/mol. The van der Waals surface area contributed by atoms with E-state index in [0.29, 0.717) is 0 Å². The number of benzene rings is 9. The quantitative estimate of drug-likeness (QED) is 0.162. The van der Waals surface area contributed by atoms with Gasteiger partial charge in [-0.2, -0.15) is 0 Å². The standard InChI is InChI=1S/C53H33NS/c1-2-10-34(11-3-1)35-20-24-38(25-21-35)52-43-14-6-8-16-45(43)53(46-17-9-7-15-44(46)52)42-26-28-49(54-33-42)37-22-18-36(19-23-37)41-27-29-50-47(31-41)48-30-39-12-4-5-13-40(39)32-51(48)55-50/h1-33H. The fourth-order valence-corrected chi connectivity index (χ4v) is 9.51. The van der Waals surface area contributed by atoms with E-state index in [1.165, 1.54) is 91.4 Å². The van der Waals surface area contributed by atoms with E-state index in [0.717, 1.165) is 16.8 Å². The highest BCUT2D eigenvalue weighted by Crippen LogP contribution is 2.44. The minimum Gasteiger partial charge on any atom is -0.256 e. The van der Waals surface area contributed by atoms with E-state index in [1.807, 2.05) is 17.5 Å². The van der Waals surface area contributed by atoms with Crippen LogP contribution in [-0.4, -0.2) is 4.98 Å². The molecule has 2 heterocycles. The van der Waals surface area contributed by atoms with Gasteiger partial charge in [0.1, 0.15) is 0 Å². The van der Waals surface area contributed by atoms with Crippen LogP contribution < -0.4 is 0 Å². The van der Waals surface area contributed by atoms with E-state index in [4.69, 9.17) is 4.98 Å². The zero-order valence-electron chi connectivity index (χ0n) is 29.9. The Balaban J connectivity index is 0.940. The lowest BCUT2D eigenvalue weighted by Gasteiger charge is -2.18. The van der Waals surface area contributed by atoms with Crippen LogP contribution >= 0.6 is 11.3 Å². The van der Waals surface area contributed by atoms with Gasteiger partial charge in [-0.15, -0.1) is 11.3 Å². The number of fused-ring (bicyclic) bond motifs is 6. The van der Waals surface area contributed by atoms with Crippen LogP contribution in [-0.2, 0) is 0 Å². The van der Waals surface area contributed by atoms with Gasteiger partial charge in [-0.05, 0) is 102 Å². The fraction of sp³-hybridized carbons (Fsp3) is 0. The zero-order valence-corrected chi connectivity index (χ0v) is 30.7. The van der Waals surface area contributed by atoms with Crippen LogP contribution in [0.4, 0.5) is 0 Å². The van der Waals surface area contributed by atoms with Gasteiger partial charge in [0.15, 0.2) is 0 Å². The Kier molecular flexibility index (Phi) is 7.43. The summed E-state index contributed by atoms with van der Waals surface area (Å²) in [6.45, 7) is 0. The average molecular weight is 716 g/mol. The highest BCUT2D eigenvalue weighted by atomic mass is 32.1. The Bertz CT molecular complexity index is 3160. The summed E-state index contributed by atoms with van der Waals surface area (Å²) in [5, 5.41) is 10.2. The molecule has 0 aliphatic carbocycles. The second kappa shape index (κ2) is 12.9. The Morgan fingerprint density at radius 2 is 0.764 bits per heavy atom. The summed E-state index contributed by atoms with van der Waals surface area (Å²) in [4.78, 5) is 5.05. The van der Waals surface area contributed by atoms with Crippen molar-refractivity contribution in [2.75, 3.05) is 0 Å². The second-order valence-electron chi connectivity index (χ2n) is 14.3. The van der Waals surface area contributed by atoms with E-state index in [2.05, 4.69) is 194 Å². The molecule has 11 rings (SSSR count). The highest BCUT2D eigenvalue weighted by Gasteiger charge is 2.17. The second-order valence-corrected chi connectivity index (χ2v) is 15.4. The van der Waals surface area contributed by atoms with Gasteiger partial charge < -0.3 is 0 Å². The lowest BCUT2D eigenvalue weighted by atomic mass is 9.86. The van der Waals surface area contributed by atoms with Gasteiger partial charge in [0, 0.05) is 37.5 Å². The normalized spacial score (nSPS) is 11.6. The van der Waals surface area contributed by atoms with E-state index < -0.39 is 0 Å². The molecule has 0 fully saturated rings. The molecule has 0 bridgehead atoms. The smallest absolute Gasteiger partial charge is 0.0702 e. The van der Waals surface area contributed by atoms with Crippen molar-refractivity contribution in [1.82, 2.24) is 4.98 Å². The predicted molar refractivity (Wildman–Crippen MR) is 237 cm³/mol. The summed E-state index contributed by atoms with van der Waals surface area (Å²) in [5.41, 5.74) is 11.8. The largest absolute Gasteiger partial charge is 0.256 e. The molecule has 0 spiro atoms. The van der Waals surface area contributed by atoms with E-state index in [9.17, 15) is 0 Å². The van der Waals surface area contributed by atoms with Crippen molar-refractivity contribution in [1.29, 1.82) is 0 Å². The molecule has 0 N–H and O–H groups in total. The van der Waals surface area contributed by atoms with Crippen LogP contribution in [0, 0.1) is 0 Å². The summed E-state index contributed by atoms with van der Waals surface area (Å²) < 4.78 is 2.66. The topological polar surface area (TPSA) is 12.9 Å². The third-order valence-corrected chi connectivity index (χ3v) is 12.2. The molecular formula is C53H33NS. The number of thiophene rings is 1. The van der Waals surface area contributed by atoms with Crippen molar-refractivity contribution < 1.29 is 0 Å². The Labute approximate surface area is 323 Å². The fourth-order valence-electron chi connectivity index (χ4n) is 8.40. The van der Waals surface area contributed by atoms with Gasteiger partial charge in [-0.1, -0.05) is 164 Å². The number of rotatable bonds is 5. The van der Waals surface area contributed by atoms with Crippen molar-refractivity contribution >= 4 is 63.8 Å². The maximum atomic E-state index is 5.05. The summed E-state index contributed by atoms with van der Waals surface area (Å²) in [6.07, 6.45) is 2.05. The number of aromatic nitrogens is 1. The molecule has 0 atom stereocenters. The summed E-state index contributed by atoms with van der Waals surface area (Å²) in [5.74, 6) is 0. The number of hydrogen-bond acceptors (Lipinski definition) is 2. The van der Waals surface area contributed by atoms with E-state index >= 15 is 0 Å². The predicted octanol–water partition coefficient (Wildman–Crippen LogP) is 15.2. The van der Waals surface area contributed by atoms with Crippen LogP contribution in [0.3, 0.4) is 0 Å². The Morgan fingerprint density at radius 1 is 0.291 bits per heavy atom. The van der Waals surface area contributed by atoms with Crippen molar-refractivity contribution in [3.63, 3.8) is 0 Å². The molecule has 0 unspecified atom stereocenters. The monoisotopic (exact) mass is 715 g/mol. The summed E-state index contributed by atoms with van der Waals surface area (Å²) in [7, 11) is 0. The van der Waals surface area contributed by atoms with Crippen LogP contribution in [0.2, 0.25) is 0 Å². The van der Waals surface area contributed by atoms with Gasteiger partial charge in [0.05, 0.1) is 5.69 Å². The molecule has 9 aromatic carbocycles. The summed E-state index contributed by atoms with van der Waals surface area (Å²) >= 11 is 1.87. The first-order valence-corrected chi connectivity index (χ1v) is 19.6. The van der Waals surface area contributed by atoms with Gasteiger partial charge in [0.25, 0.3) is 0 Å². The van der Waals surface area contributed by atoms with Crippen molar-refractivity contribution in [3.05, 3.63) is 200 Å². The Hall–Kier alpha value is -6.87. The first-order chi connectivity index (χ1) is 27.2. The number of pyridine rings is 1. The molecule has 256 valence electrons. The average Bonchev–Trinajstić information content (AvgIpc) is 3.62. The van der Waals surface area contributed by atoms with E-state index in [1.54, 1.807) is 0 Å². The van der Waals surface area contributed by atoms with Crippen LogP contribution in [0.15, 0.2) is 200 Å². The maximum absolute atomic E-state index is 5.05. The van der Waals surface area contributed by atoms with Crippen molar-refractivity contribution in [2.45, 2.75) is 0 Å². The first kappa shape index (κ1) is 31.6. The first-order valence-electron chi connectivity index (χ1n) is 18.8. The number of nitrogens with zero attached hydrogens (tertiary/aromatic N) is 1. The third-order valence-electron chi connectivity index (χ3n) is 11.1. The molecule has 0 amide bonds. The summed E-state index contributed by atoms with van der Waals surface area (Å²) in [6, 6.07) is 70.6. The van der Waals surface area contributed by atoms with Crippen LogP contribution in [0.25, 0.3) is 108 Å². The van der Waals surface area contributed by atoms with Gasteiger partial charge >= 0.3 is 0 Å². The van der Waals surface area contributed by atoms with Gasteiger partial charge in [-0.25, -0.2) is 0 Å². The molecule has 0 saturated heterocycles. The lowest BCUT2D eigenvalue weighted by Crippen LogP contribution is -1.92. The molecule has 0 aliphatic heterocycles. The van der Waals surface area contributed by atoms with Gasteiger partial charge in [0.2, 0.25) is 0 Å². The molecule has 1 nitrogen and oxygen atoms in total. The lowest BCUT2D eigenvalue weighted by molar-refractivity contribution is 1.33. The van der Waals surface area contributed by atoms with Crippen molar-refractivity contribution in [3.8, 4) is 55.8 Å². The molecule has 0 saturated carbocycles. The maximum Gasteiger partial charge on any atom is 0.0702 e. The SMILES string of the molecule is c1ccc(-c2ccc(-c3c4ccccc4c(-c4ccc(-c5ccc(-c6ccc7sc8cc9ccccc9cc8c7c6)cc5)nc4)c4ccccc34)cc2)cc1. The highest BCUT2D eigenvalue weighted by molar-refractivity contribution is 7.25. The Morgan fingerprint density at radius 3 is 1.40 bits per heavy atom. The van der Waals surface area contributed by atoms with Crippen LogP contribution in [0.5, 0.6) is 0 Å². The van der Waals surface area contributed by atoms with Crippen molar-refractivity contribution in [2.24, 2.45) is 0 Å². The molecule has 0 radical (unpaired) electrons. The molecule has 0 aliphatic rings. The molecule has 2 heteroatoms.